The molecule has 5 nitrogen and oxygen atoms in total. The van der Waals surface area contributed by atoms with Crippen LogP contribution in [0.15, 0.2) is 48.5 Å². The van der Waals surface area contributed by atoms with Gasteiger partial charge in [0.25, 0.3) is 0 Å². The van der Waals surface area contributed by atoms with Crippen LogP contribution in [-0.2, 0) is 9.53 Å². The highest BCUT2D eigenvalue weighted by Crippen LogP contribution is 2.44. The summed E-state index contributed by atoms with van der Waals surface area (Å²) in [6.07, 6.45) is -1.02. The third-order valence-corrected chi connectivity index (χ3v) is 5.91. The van der Waals surface area contributed by atoms with Crippen molar-refractivity contribution in [1.82, 2.24) is 5.32 Å². The summed E-state index contributed by atoms with van der Waals surface area (Å²) < 4.78 is 77.8. The first-order valence-electron chi connectivity index (χ1n) is 11.0. The van der Waals surface area contributed by atoms with Gasteiger partial charge in [-0.3, -0.25) is 0 Å². The Morgan fingerprint density at radius 3 is 1.78 bits per heavy atom. The molecule has 36 heavy (non-hydrogen) atoms. The van der Waals surface area contributed by atoms with E-state index in [2.05, 4.69) is 10.1 Å². The fourth-order valence-electron chi connectivity index (χ4n) is 4.10. The molecule has 0 unspecified atom stereocenters. The van der Waals surface area contributed by atoms with Crippen molar-refractivity contribution in [2.75, 3.05) is 6.61 Å². The van der Waals surface area contributed by atoms with E-state index in [0.29, 0.717) is 0 Å². The van der Waals surface area contributed by atoms with E-state index >= 15 is 0 Å². The van der Waals surface area contributed by atoms with Gasteiger partial charge < -0.3 is 14.8 Å². The second-order valence-electron chi connectivity index (χ2n) is 8.51. The van der Waals surface area contributed by atoms with Gasteiger partial charge in [0.15, 0.2) is 0 Å². The maximum atomic E-state index is 13.9. The largest absolute Gasteiger partial charge is 0.449 e. The summed E-state index contributed by atoms with van der Waals surface area (Å²) >= 11 is 0. The zero-order valence-corrected chi connectivity index (χ0v) is 19.1. The highest BCUT2D eigenvalue weighted by molar-refractivity contribution is 5.83. The molecule has 4 rings (SSSR count). The molecule has 0 aromatic heterocycles. The Balaban J connectivity index is 1.47. The Kier molecular flexibility index (Phi) is 6.96. The number of hydrogen-bond acceptors (Lipinski definition) is 4. The molecule has 3 aromatic rings. The lowest BCUT2D eigenvalue weighted by atomic mass is 9.98. The SMILES string of the molecule is CC(C)[C@H](NC(=O)OCC1c2ccccc2-c2ccccc21)C(=O)Oc1c(F)c(F)c(F)c(F)c1F. The Labute approximate surface area is 202 Å². The molecule has 0 radical (unpaired) electrons. The molecular weight excluding hydrogens is 485 g/mol. The summed E-state index contributed by atoms with van der Waals surface area (Å²) in [5, 5.41) is 2.25. The molecular formula is C26H20F5NO4. The molecule has 0 bridgehead atoms. The van der Waals surface area contributed by atoms with Crippen molar-refractivity contribution in [2.45, 2.75) is 25.8 Å². The van der Waals surface area contributed by atoms with Crippen molar-refractivity contribution in [3.63, 3.8) is 0 Å². The molecule has 0 spiro atoms. The Morgan fingerprint density at radius 2 is 1.28 bits per heavy atom. The van der Waals surface area contributed by atoms with Gasteiger partial charge >= 0.3 is 12.1 Å². The Hall–Kier alpha value is -3.95. The van der Waals surface area contributed by atoms with Crippen molar-refractivity contribution in [3.05, 3.63) is 88.7 Å². The standard InChI is InChI=1S/C26H20F5NO4/c1-12(2)23(25(33)36-24-21(30)19(28)18(27)20(29)22(24)31)32-26(34)35-11-17-15-9-5-3-7-13(15)14-8-4-6-10-16(14)17/h3-10,12,17,23H,11H2,1-2H3,(H,32,34)/t23-/m0/s1. The summed E-state index contributed by atoms with van der Waals surface area (Å²) in [4.78, 5) is 25.0. The maximum Gasteiger partial charge on any atom is 0.407 e. The van der Waals surface area contributed by atoms with Crippen molar-refractivity contribution < 1.29 is 41.0 Å². The van der Waals surface area contributed by atoms with Gasteiger partial charge in [-0.05, 0) is 28.2 Å². The summed E-state index contributed by atoms with van der Waals surface area (Å²) in [5.74, 6) is -15.6. The molecule has 188 valence electrons. The molecule has 1 atom stereocenters. The quantitative estimate of drug-likeness (QED) is 0.150. The van der Waals surface area contributed by atoms with Crippen LogP contribution in [0.4, 0.5) is 26.7 Å². The van der Waals surface area contributed by atoms with Gasteiger partial charge in [-0.15, -0.1) is 0 Å². The van der Waals surface area contributed by atoms with E-state index in [1.54, 1.807) is 0 Å². The lowest BCUT2D eigenvalue weighted by Crippen LogP contribution is -2.47. The molecule has 1 amide bonds. The van der Waals surface area contributed by atoms with Crippen molar-refractivity contribution >= 4 is 12.1 Å². The molecule has 0 aliphatic heterocycles. The number of amides is 1. The predicted octanol–water partition coefficient (Wildman–Crippen LogP) is 5.85. The zero-order valence-electron chi connectivity index (χ0n) is 19.1. The molecule has 3 aromatic carbocycles. The molecule has 0 fully saturated rings. The second kappa shape index (κ2) is 9.96. The first kappa shape index (κ1) is 25.2. The Bertz CT molecular complexity index is 1270. The molecule has 0 saturated heterocycles. The molecule has 0 saturated carbocycles. The van der Waals surface area contributed by atoms with Crippen LogP contribution < -0.4 is 10.1 Å². The van der Waals surface area contributed by atoms with Crippen molar-refractivity contribution in [3.8, 4) is 16.9 Å². The molecule has 1 aliphatic rings. The third-order valence-electron chi connectivity index (χ3n) is 5.91. The Morgan fingerprint density at radius 1 is 0.806 bits per heavy atom. The highest BCUT2D eigenvalue weighted by atomic mass is 19.2. The number of carbonyl (C=O) groups excluding carboxylic acids is 2. The third kappa shape index (κ3) is 4.50. The number of nitrogens with one attached hydrogen (secondary N) is 1. The second-order valence-corrected chi connectivity index (χ2v) is 8.51. The van der Waals surface area contributed by atoms with E-state index in [4.69, 9.17) is 4.74 Å². The number of ether oxygens (including phenoxy) is 2. The number of alkyl carbamates (subject to hydrolysis) is 1. The normalized spacial score (nSPS) is 13.2. The van der Waals surface area contributed by atoms with Crippen LogP contribution >= 0.6 is 0 Å². The average molecular weight is 505 g/mol. The fraction of sp³-hybridized carbons (Fsp3) is 0.231. The van der Waals surface area contributed by atoms with Gasteiger partial charge in [0.1, 0.15) is 12.6 Å². The number of hydrogen-bond donors (Lipinski definition) is 1. The van der Waals surface area contributed by atoms with E-state index in [-0.39, 0.29) is 12.5 Å². The zero-order chi connectivity index (χ0) is 26.1. The summed E-state index contributed by atoms with van der Waals surface area (Å²) in [5.41, 5.74) is 3.93. The van der Waals surface area contributed by atoms with E-state index in [0.717, 1.165) is 22.3 Å². The van der Waals surface area contributed by atoms with Crippen LogP contribution in [0, 0.1) is 35.0 Å². The number of carbonyl (C=O) groups is 2. The maximum absolute atomic E-state index is 13.9. The number of benzene rings is 3. The fourth-order valence-corrected chi connectivity index (χ4v) is 4.10. The minimum atomic E-state index is -2.39. The first-order chi connectivity index (χ1) is 17.1. The van der Waals surface area contributed by atoms with E-state index in [9.17, 15) is 31.5 Å². The molecule has 10 heteroatoms. The van der Waals surface area contributed by atoms with E-state index < -0.39 is 58.9 Å². The number of halogens is 5. The highest BCUT2D eigenvalue weighted by Gasteiger charge is 2.34. The number of esters is 1. The summed E-state index contributed by atoms with van der Waals surface area (Å²) in [6, 6.07) is 13.8. The van der Waals surface area contributed by atoms with Crippen LogP contribution in [0.2, 0.25) is 0 Å². The molecule has 1 aliphatic carbocycles. The van der Waals surface area contributed by atoms with E-state index in [1.807, 2.05) is 48.5 Å². The van der Waals surface area contributed by atoms with E-state index in [1.165, 1.54) is 13.8 Å². The smallest absolute Gasteiger partial charge is 0.407 e. The van der Waals surface area contributed by atoms with Gasteiger partial charge in [-0.25, -0.2) is 22.8 Å². The van der Waals surface area contributed by atoms with Crippen LogP contribution in [0.1, 0.15) is 30.9 Å². The van der Waals surface area contributed by atoms with Crippen molar-refractivity contribution in [2.24, 2.45) is 5.92 Å². The minimum Gasteiger partial charge on any atom is -0.449 e. The lowest BCUT2D eigenvalue weighted by molar-refractivity contribution is -0.138. The average Bonchev–Trinajstić information content (AvgIpc) is 3.19. The van der Waals surface area contributed by atoms with Gasteiger partial charge in [0.05, 0.1) is 0 Å². The monoisotopic (exact) mass is 505 g/mol. The molecule has 1 N–H and O–H groups in total. The predicted molar refractivity (Wildman–Crippen MR) is 119 cm³/mol. The van der Waals surface area contributed by atoms with Crippen LogP contribution in [0.3, 0.4) is 0 Å². The summed E-state index contributed by atoms with van der Waals surface area (Å²) in [7, 11) is 0. The topological polar surface area (TPSA) is 64.6 Å². The number of fused-ring (bicyclic) bond motifs is 3. The molecule has 0 heterocycles. The lowest BCUT2D eigenvalue weighted by Gasteiger charge is -2.21. The van der Waals surface area contributed by atoms with Gasteiger partial charge in [-0.2, -0.15) is 8.78 Å². The first-order valence-corrected chi connectivity index (χ1v) is 11.0. The summed E-state index contributed by atoms with van der Waals surface area (Å²) in [6.45, 7) is 2.89. The van der Waals surface area contributed by atoms with Crippen molar-refractivity contribution in [1.29, 1.82) is 0 Å². The van der Waals surface area contributed by atoms with Crippen LogP contribution in [0.25, 0.3) is 11.1 Å². The van der Waals surface area contributed by atoms with Gasteiger partial charge in [0, 0.05) is 5.92 Å². The van der Waals surface area contributed by atoms with Gasteiger partial charge in [-0.1, -0.05) is 62.4 Å². The van der Waals surface area contributed by atoms with Gasteiger partial charge in [0.2, 0.25) is 34.8 Å². The van der Waals surface area contributed by atoms with Crippen LogP contribution in [-0.4, -0.2) is 24.7 Å². The number of rotatable bonds is 6. The minimum absolute atomic E-state index is 0.0721. The van der Waals surface area contributed by atoms with Crippen LogP contribution in [0.5, 0.6) is 5.75 Å².